The minimum Gasteiger partial charge on any atom is -0.243 e. The Hall–Kier alpha value is -0.0500. The molecular formula is C9H8BrCl2N. The summed E-state index contributed by atoms with van der Waals surface area (Å²) in [5.74, 6) is 0.621. The molecule has 4 heteroatoms. The van der Waals surface area contributed by atoms with Gasteiger partial charge >= 0.3 is 0 Å². The van der Waals surface area contributed by atoms with Gasteiger partial charge in [0.2, 0.25) is 0 Å². The Morgan fingerprint density at radius 2 is 2.31 bits per heavy atom. The molecule has 0 amide bonds. The molecule has 0 saturated carbocycles. The monoisotopic (exact) mass is 279 g/mol. The van der Waals surface area contributed by atoms with Crippen molar-refractivity contribution in [3.05, 3.63) is 33.5 Å². The molecule has 1 nitrogen and oxygen atoms in total. The molecule has 0 aliphatic carbocycles. The topological polar surface area (TPSA) is 12.9 Å². The number of allylic oxidation sites excluding steroid dienone is 1. The molecule has 13 heavy (non-hydrogen) atoms. The first kappa shape index (κ1) is 11.0. The Morgan fingerprint density at radius 3 is 3.00 bits per heavy atom. The smallest absolute Gasteiger partial charge is 0.136 e. The predicted octanol–water partition coefficient (Wildman–Crippen LogP) is 4.14. The van der Waals surface area contributed by atoms with E-state index in [9.17, 15) is 0 Å². The van der Waals surface area contributed by atoms with Crippen LogP contribution in [0.25, 0.3) is 6.08 Å². The lowest BCUT2D eigenvalue weighted by Crippen LogP contribution is -1.80. The summed E-state index contributed by atoms with van der Waals surface area (Å²) in [5.41, 5.74) is 0.904. The molecule has 0 atom stereocenters. The number of halogens is 3. The maximum Gasteiger partial charge on any atom is 0.136 e. The van der Waals surface area contributed by atoms with Gasteiger partial charge < -0.3 is 0 Å². The fraction of sp³-hybridized carbons (Fsp3) is 0.222. The maximum absolute atomic E-state index is 5.86. The van der Waals surface area contributed by atoms with E-state index < -0.39 is 0 Å². The standard InChI is InChI=1S/C9H8BrCl2N/c10-8-5-7(3-1-2-4-11)9(12)13-6-8/h1,3,5-6H,2,4H2. The molecule has 1 rings (SSSR count). The van der Waals surface area contributed by atoms with Crippen molar-refractivity contribution in [1.82, 2.24) is 4.98 Å². The number of nitrogens with zero attached hydrogens (tertiary/aromatic N) is 1. The molecule has 70 valence electrons. The van der Waals surface area contributed by atoms with E-state index in [0.717, 1.165) is 16.5 Å². The van der Waals surface area contributed by atoms with Crippen LogP contribution < -0.4 is 0 Å². The highest BCUT2D eigenvalue weighted by atomic mass is 79.9. The lowest BCUT2D eigenvalue weighted by molar-refractivity contribution is 1.24. The number of hydrogen-bond acceptors (Lipinski definition) is 1. The summed E-state index contributed by atoms with van der Waals surface area (Å²) in [6.07, 6.45) is 6.40. The largest absolute Gasteiger partial charge is 0.243 e. The van der Waals surface area contributed by atoms with Gasteiger partial charge in [0, 0.05) is 22.1 Å². The summed E-state index contributed by atoms with van der Waals surface area (Å²) in [7, 11) is 0. The fourth-order valence-electron chi connectivity index (χ4n) is 0.828. The van der Waals surface area contributed by atoms with E-state index in [1.54, 1.807) is 6.20 Å². The zero-order valence-electron chi connectivity index (χ0n) is 6.80. The van der Waals surface area contributed by atoms with Crippen LogP contribution in [-0.4, -0.2) is 10.9 Å². The molecule has 0 saturated heterocycles. The van der Waals surface area contributed by atoms with Crippen LogP contribution in [0.1, 0.15) is 12.0 Å². The summed E-state index contributed by atoms with van der Waals surface area (Å²) in [5, 5.41) is 0.508. The van der Waals surface area contributed by atoms with Crippen molar-refractivity contribution in [3.63, 3.8) is 0 Å². The maximum atomic E-state index is 5.86. The van der Waals surface area contributed by atoms with Crippen molar-refractivity contribution in [2.24, 2.45) is 0 Å². The Bertz CT molecular complexity index is 312. The summed E-state index contributed by atoms with van der Waals surface area (Å²) in [6.45, 7) is 0. The van der Waals surface area contributed by atoms with E-state index in [0.29, 0.717) is 11.0 Å². The SMILES string of the molecule is ClCCC=Cc1cc(Br)cnc1Cl. The molecule has 1 aromatic rings. The van der Waals surface area contributed by atoms with Gasteiger partial charge in [-0.15, -0.1) is 11.6 Å². The first-order valence-corrected chi connectivity index (χ1v) is 5.48. The first-order chi connectivity index (χ1) is 6.24. The predicted molar refractivity (Wildman–Crippen MR) is 61.3 cm³/mol. The highest BCUT2D eigenvalue weighted by Crippen LogP contribution is 2.19. The molecule has 0 aromatic carbocycles. The molecule has 0 spiro atoms. The van der Waals surface area contributed by atoms with Crippen molar-refractivity contribution in [2.75, 3.05) is 5.88 Å². The van der Waals surface area contributed by atoms with Crippen LogP contribution in [-0.2, 0) is 0 Å². The lowest BCUT2D eigenvalue weighted by Gasteiger charge is -1.97. The van der Waals surface area contributed by atoms with E-state index in [4.69, 9.17) is 23.2 Å². The van der Waals surface area contributed by atoms with E-state index in [1.165, 1.54) is 0 Å². The molecule has 0 radical (unpaired) electrons. The third kappa shape index (κ3) is 3.67. The summed E-state index contributed by atoms with van der Waals surface area (Å²) >= 11 is 14.7. The van der Waals surface area contributed by atoms with Gasteiger partial charge in [0.25, 0.3) is 0 Å². The highest BCUT2D eigenvalue weighted by molar-refractivity contribution is 9.10. The van der Waals surface area contributed by atoms with Crippen molar-refractivity contribution >= 4 is 45.2 Å². The molecule has 0 N–H and O–H groups in total. The second kappa shape index (κ2) is 5.63. The van der Waals surface area contributed by atoms with Gasteiger partial charge in [-0.1, -0.05) is 23.8 Å². The summed E-state index contributed by atoms with van der Waals surface area (Å²) < 4.78 is 0.919. The van der Waals surface area contributed by atoms with E-state index in [1.807, 2.05) is 18.2 Å². The number of alkyl halides is 1. The molecule has 0 aliphatic heterocycles. The third-order valence-electron chi connectivity index (χ3n) is 1.41. The van der Waals surface area contributed by atoms with Crippen LogP contribution >= 0.6 is 39.1 Å². The average Bonchev–Trinajstić information content (AvgIpc) is 2.11. The van der Waals surface area contributed by atoms with Gasteiger partial charge in [-0.3, -0.25) is 0 Å². The van der Waals surface area contributed by atoms with Crippen LogP contribution in [0.3, 0.4) is 0 Å². The van der Waals surface area contributed by atoms with Crippen molar-refractivity contribution in [1.29, 1.82) is 0 Å². The first-order valence-electron chi connectivity index (χ1n) is 3.77. The Kier molecular flexibility index (Phi) is 4.78. The van der Waals surface area contributed by atoms with Gasteiger partial charge in [0.1, 0.15) is 5.15 Å². The highest BCUT2D eigenvalue weighted by Gasteiger charge is 1.97. The zero-order chi connectivity index (χ0) is 9.68. The second-order valence-electron chi connectivity index (χ2n) is 2.41. The quantitative estimate of drug-likeness (QED) is 0.599. The van der Waals surface area contributed by atoms with E-state index >= 15 is 0 Å². The fourth-order valence-corrected chi connectivity index (χ4v) is 1.47. The summed E-state index contributed by atoms with van der Waals surface area (Å²) in [4.78, 5) is 3.99. The third-order valence-corrected chi connectivity index (χ3v) is 2.37. The van der Waals surface area contributed by atoms with E-state index in [-0.39, 0.29) is 0 Å². The Labute approximate surface area is 95.9 Å². The number of pyridine rings is 1. The number of aromatic nitrogens is 1. The van der Waals surface area contributed by atoms with Crippen LogP contribution in [0.4, 0.5) is 0 Å². The molecule has 0 fully saturated rings. The zero-order valence-corrected chi connectivity index (χ0v) is 9.90. The van der Waals surface area contributed by atoms with E-state index in [2.05, 4.69) is 20.9 Å². The van der Waals surface area contributed by atoms with Crippen molar-refractivity contribution in [2.45, 2.75) is 6.42 Å². The van der Waals surface area contributed by atoms with Gasteiger partial charge in [-0.2, -0.15) is 0 Å². The minimum absolute atomic E-state index is 0.508. The normalized spacial score (nSPS) is 11.0. The van der Waals surface area contributed by atoms with Crippen molar-refractivity contribution in [3.8, 4) is 0 Å². The Morgan fingerprint density at radius 1 is 1.54 bits per heavy atom. The molecule has 0 bridgehead atoms. The molecule has 0 unspecified atom stereocenters. The minimum atomic E-state index is 0.508. The number of hydrogen-bond donors (Lipinski definition) is 0. The molecular weight excluding hydrogens is 273 g/mol. The second-order valence-corrected chi connectivity index (χ2v) is 4.07. The molecule has 1 heterocycles. The number of rotatable bonds is 3. The van der Waals surface area contributed by atoms with Gasteiger partial charge in [-0.05, 0) is 28.4 Å². The lowest BCUT2D eigenvalue weighted by atomic mass is 10.2. The average molecular weight is 281 g/mol. The van der Waals surface area contributed by atoms with Gasteiger partial charge in [-0.25, -0.2) is 4.98 Å². The van der Waals surface area contributed by atoms with Gasteiger partial charge in [0.05, 0.1) is 0 Å². The van der Waals surface area contributed by atoms with Gasteiger partial charge in [0.15, 0.2) is 0 Å². The summed E-state index contributed by atoms with van der Waals surface area (Å²) in [6, 6.07) is 1.92. The molecule has 0 aliphatic rings. The Balaban J connectivity index is 2.81. The van der Waals surface area contributed by atoms with Crippen molar-refractivity contribution < 1.29 is 0 Å². The molecule has 1 aromatic heterocycles. The van der Waals surface area contributed by atoms with Crippen LogP contribution in [0.2, 0.25) is 5.15 Å². The van der Waals surface area contributed by atoms with Crippen LogP contribution in [0.15, 0.2) is 22.8 Å². The van der Waals surface area contributed by atoms with Crippen LogP contribution in [0, 0.1) is 0 Å². The van der Waals surface area contributed by atoms with Crippen LogP contribution in [0.5, 0.6) is 0 Å².